The van der Waals surface area contributed by atoms with Crippen molar-refractivity contribution in [3.63, 3.8) is 0 Å². The minimum Gasteiger partial charge on any atom is -0.368 e. The van der Waals surface area contributed by atoms with Crippen LogP contribution >= 0.6 is 0 Å². The van der Waals surface area contributed by atoms with Crippen LogP contribution in [-0.2, 0) is 9.59 Å². The third kappa shape index (κ3) is 1.97. The number of carbonyl (C=O) groups excluding carboxylic acids is 2. The van der Waals surface area contributed by atoms with Gasteiger partial charge in [0.1, 0.15) is 0 Å². The van der Waals surface area contributed by atoms with Gasteiger partial charge in [0.2, 0.25) is 11.8 Å². The van der Waals surface area contributed by atoms with Crippen molar-refractivity contribution in [2.45, 2.75) is 37.8 Å². The molecule has 0 bridgehead atoms. The lowest BCUT2D eigenvalue weighted by atomic mass is 9.98. The summed E-state index contributed by atoms with van der Waals surface area (Å²) in [6.45, 7) is 1.52. The van der Waals surface area contributed by atoms with Crippen LogP contribution in [0.4, 0.5) is 0 Å². The molecule has 2 aliphatic heterocycles. The number of rotatable bonds is 2. The van der Waals surface area contributed by atoms with Crippen molar-refractivity contribution in [1.82, 2.24) is 10.2 Å². The van der Waals surface area contributed by atoms with E-state index in [0.29, 0.717) is 6.54 Å². The molecule has 2 amide bonds. The fourth-order valence-electron chi connectivity index (χ4n) is 2.53. The molecule has 2 saturated heterocycles. The van der Waals surface area contributed by atoms with E-state index in [2.05, 4.69) is 5.32 Å². The Labute approximate surface area is 89.0 Å². The quantitative estimate of drug-likeness (QED) is 0.629. The molecule has 5 nitrogen and oxygen atoms in total. The van der Waals surface area contributed by atoms with Crippen molar-refractivity contribution >= 4 is 11.8 Å². The number of nitrogens with two attached hydrogens (primary N) is 1. The minimum atomic E-state index is -0.297. The van der Waals surface area contributed by atoms with Crippen LogP contribution < -0.4 is 11.1 Å². The van der Waals surface area contributed by atoms with Gasteiger partial charge in [-0.2, -0.15) is 0 Å². The van der Waals surface area contributed by atoms with Gasteiger partial charge in [0, 0.05) is 6.54 Å². The lowest BCUT2D eigenvalue weighted by Gasteiger charge is -2.36. The average molecular weight is 211 g/mol. The fraction of sp³-hybridized carbons (Fsp3) is 0.800. The first-order valence-electron chi connectivity index (χ1n) is 5.53. The van der Waals surface area contributed by atoms with E-state index >= 15 is 0 Å². The standard InChI is InChI=1S/C10H17N3O2/c11-9(14)7-3-1-2-6-13(7)8-4-5-12-10(8)15/h7-8H,1-6H2,(H2,11,14)(H,12,15). The van der Waals surface area contributed by atoms with Crippen LogP contribution in [0.3, 0.4) is 0 Å². The van der Waals surface area contributed by atoms with Gasteiger partial charge in [-0.3, -0.25) is 14.5 Å². The third-order valence-corrected chi connectivity index (χ3v) is 3.29. The number of hydrogen-bond acceptors (Lipinski definition) is 3. The summed E-state index contributed by atoms with van der Waals surface area (Å²) < 4.78 is 0. The van der Waals surface area contributed by atoms with Crippen LogP contribution in [-0.4, -0.2) is 41.9 Å². The molecule has 0 aromatic heterocycles. The van der Waals surface area contributed by atoms with Crippen molar-refractivity contribution in [2.24, 2.45) is 5.73 Å². The summed E-state index contributed by atoms with van der Waals surface area (Å²) in [5.74, 6) is -0.252. The second-order valence-electron chi connectivity index (χ2n) is 4.25. The Morgan fingerprint density at radius 2 is 2.20 bits per heavy atom. The molecule has 15 heavy (non-hydrogen) atoms. The highest BCUT2D eigenvalue weighted by molar-refractivity contribution is 5.86. The molecule has 0 aliphatic carbocycles. The number of nitrogens with zero attached hydrogens (tertiary/aromatic N) is 1. The minimum absolute atomic E-state index is 0.0446. The largest absolute Gasteiger partial charge is 0.368 e. The molecule has 0 aromatic carbocycles. The van der Waals surface area contributed by atoms with Gasteiger partial charge in [-0.15, -0.1) is 0 Å². The van der Waals surface area contributed by atoms with Gasteiger partial charge in [-0.25, -0.2) is 0 Å². The van der Waals surface area contributed by atoms with E-state index in [1.807, 2.05) is 4.90 Å². The maximum Gasteiger partial charge on any atom is 0.237 e. The van der Waals surface area contributed by atoms with E-state index in [1.54, 1.807) is 0 Å². The molecule has 0 saturated carbocycles. The molecule has 0 radical (unpaired) electrons. The summed E-state index contributed by atoms with van der Waals surface area (Å²) in [5, 5.41) is 2.79. The summed E-state index contributed by atoms with van der Waals surface area (Å²) >= 11 is 0. The maximum atomic E-state index is 11.5. The smallest absolute Gasteiger partial charge is 0.237 e. The van der Waals surface area contributed by atoms with Crippen LogP contribution in [0.1, 0.15) is 25.7 Å². The number of hydrogen-bond donors (Lipinski definition) is 2. The fourth-order valence-corrected chi connectivity index (χ4v) is 2.53. The number of carbonyl (C=O) groups is 2. The van der Waals surface area contributed by atoms with E-state index < -0.39 is 0 Å². The molecular formula is C10H17N3O2. The molecular weight excluding hydrogens is 194 g/mol. The van der Waals surface area contributed by atoms with Crippen LogP contribution in [0.2, 0.25) is 0 Å². The number of primary amides is 1. The van der Waals surface area contributed by atoms with Gasteiger partial charge < -0.3 is 11.1 Å². The molecule has 2 fully saturated rings. The number of piperidine rings is 1. The molecule has 2 atom stereocenters. The van der Waals surface area contributed by atoms with Crippen molar-refractivity contribution < 1.29 is 9.59 Å². The SMILES string of the molecule is NC(=O)C1CCCCN1C1CCNC1=O. The van der Waals surface area contributed by atoms with Crippen LogP contribution in [0.25, 0.3) is 0 Å². The van der Waals surface area contributed by atoms with Gasteiger partial charge in [0.05, 0.1) is 12.1 Å². The van der Waals surface area contributed by atoms with Crippen molar-refractivity contribution in [2.75, 3.05) is 13.1 Å². The molecule has 5 heteroatoms. The van der Waals surface area contributed by atoms with Gasteiger partial charge >= 0.3 is 0 Å². The second-order valence-corrected chi connectivity index (χ2v) is 4.25. The van der Waals surface area contributed by atoms with Gasteiger partial charge in [-0.1, -0.05) is 6.42 Å². The Balaban J connectivity index is 2.10. The second kappa shape index (κ2) is 4.18. The third-order valence-electron chi connectivity index (χ3n) is 3.29. The first kappa shape index (κ1) is 10.4. The summed E-state index contributed by atoms with van der Waals surface area (Å²) in [6.07, 6.45) is 3.66. The van der Waals surface area contributed by atoms with Crippen LogP contribution in [0.15, 0.2) is 0 Å². The van der Waals surface area contributed by atoms with Gasteiger partial charge in [0.25, 0.3) is 0 Å². The highest BCUT2D eigenvalue weighted by Crippen LogP contribution is 2.22. The number of amides is 2. The van der Waals surface area contributed by atoms with Crippen LogP contribution in [0.5, 0.6) is 0 Å². The summed E-state index contributed by atoms with van der Waals surface area (Å²) in [5.41, 5.74) is 5.36. The van der Waals surface area contributed by atoms with E-state index in [0.717, 1.165) is 32.2 Å². The van der Waals surface area contributed by atoms with E-state index in [-0.39, 0.29) is 23.9 Å². The molecule has 2 aliphatic rings. The molecule has 2 unspecified atom stereocenters. The molecule has 0 spiro atoms. The maximum absolute atomic E-state index is 11.5. The first-order chi connectivity index (χ1) is 7.20. The van der Waals surface area contributed by atoms with Crippen molar-refractivity contribution in [3.8, 4) is 0 Å². The monoisotopic (exact) mass is 211 g/mol. The Morgan fingerprint density at radius 1 is 1.40 bits per heavy atom. The highest BCUT2D eigenvalue weighted by atomic mass is 16.2. The van der Waals surface area contributed by atoms with Crippen molar-refractivity contribution in [3.05, 3.63) is 0 Å². The number of nitrogens with one attached hydrogen (secondary N) is 1. The molecule has 84 valence electrons. The lowest BCUT2D eigenvalue weighted by Crippen LogP contribution is -2.54. The Bertz CT molecular complexity index is 278. The van der Waals surface area contributed by atoms with Gasteiger partial charge in [0.15, 0.2) is 0 Å². The first-order valence-corrected chi connectivity index (χ1v) is 5.53. The zero-order chi connectivity index (χ0) is 10.8. The van der Waals surface area contributed by atoms with E-state index in [4.69, 9.17) is 5.73 Å². The topological polar surface area (TPSA) is 75.4 Å². The predicted octanol–water partition coefficient (Wildman–Crippen LogP) is -0.785. The van der Waals surface area contributed by atoms with Crippen molar-refractivity contribution in [1.29, 1.82) is 0 Å². The molecule has 2 heterocycles. The lowest BCUT2D eigenvalue weighted by molar-refractivity contribution is -0.130. The average Bonchev–Trinajstić information content (AvgIpc) is 2.64. The molecule has 2 rings (SSSR count). The van der Waals surface area contributed by atoms with E-state index in [9.17, 15) is 9.59 Å². The molecule has 0 aromatic rings. The highest BCUT2D eigenvalue weighted by Gasteiger charge is 2.37. The summed E-state index contributed by atoms with van der Waals surface area (Å²) in [6, 6.07) is -0.379. The summed E-state index contributed by atoms with van der Waals surface area (Å²) in [4.78, 5) is 24.8. The van der Waals surface area contributed by atoms with E-state index in [1.165, 1.54) is 0 Å². The Morgan fingerprint density at radius 3 is 2.80 bits per heavy atom. The van der Waals surface area contributed by atoms with Crippen LogP contribution in [0, 0.1) is 0 Å². The molecule has 3 N–H and O–H groups in total. The Kier molecular flexibility index (Phi) is 2.90. The normalized spacial score (nSPS) is 32.7. The zero-order valence-electron chi connectivity index (χ0n) is 8.74. The zero-order valence-corrected chi connectivity index (χ0v) is 8.74. The summed E-state index contributed by atoms with van der Waals surface area (Å²) in [7, 11) is 0. The predicted molar refractivity (Wildman–Crippen MR) is 55.0 cm³/mol. The number of likely N-dealkylation sites (tertiary alicyclic amines) is 1. The van der Waals surface area contributed by atoms with Gasteiger partial charge in [-0.05, 0) is 25.8 Å². The Hall–Kier alpha value is -1.10.